The molecule has 0 atom stereocenters. The van der Waals surface area contributed by atoms with Gasteiger partial charge in [-0.1, -0.05) is 36.4 Å². The normalized spacial score (nSPS) is 11.0. The van der Waals surface area contributed by atoms with Gasteiger partial charge in [0.1, 0.15) is 6.07 Å². The summed E-state index contributed by atoms with van der Waals surface area (Å²) in [5.74, 6) is -0.592. The first-order valence-electron chi connectivity index (χ1n) is 9.72. The van der Waals surface area contributed by atoms with Crippen LogP contribution in [0, 0.1) is 11.3 Å². The van der Waals surface area contributed by atoms with Crippen molar-refractivity contribution in [3.63, 3.8) is 0 Å². The molecule has 150 valence electrons. The number of benzene rings is 3. The fourth-order valence-corrected chi connectivity index (χ4v) is 4.08. The van der Waals surface area contributed by atoms with Crippen LogP contribution in [0.15, 0.2) is 79.0 Å². The second-order valence-electron chi connectivity index (χ2n) is 7.16. The average molecular weight is 406 g/mol. The van der Waals surface area contributed by atoms with Gasteiger partial charge in [-0.3, -0.25) is 0 Å². The Labute approximate surface area is 178 Å². The van der Waals surface area contributed by atoms with Crippen LogP contribution in [-0.4, -0.2) is 22.2 Å². The zero-order chi connectivity index (χ0) is 21.5. The van der Waals surface area contributed by atoms with Crippen molar-refractivity contribution in [1.82, 2.24) is 9.13 Å². The molecule has 6 heteroatoms. The summed E-state index contributed by atoms with van der Waals surface area (Å²) >= 11 is 0. The number of esters is 1. The number of rotatable bonds is 3. The third-order valence-corrected chi connectivity index (χ3v) is 5.51. The summed E-state index contributed by atoms with van der Waals surface area (Å²) in [5.41, 5.74) is 10.4. The Balaban J connectivity index is 1.68. The Hall–Kier alpha value is -4.50. The van der Waals surface area contributed by atoms with Gasteiger partial charge in [0.05, 0.1) is 29.4 Å². The van der Waals surface area contributed by atoms with Crippen molar-refractivity contribution in [3.8, 4) is 17.4 Å². The summed E-state index contributed by atoms with van der Waals surface area (Å²) in [6.45, 7) is 0. The number of nitrogens with zero attached hydrogens (tertiary/aromatic N) is 3. The highest BCUT2D eigenvalue weighted by atomic mass is 16.5. The summed E-state index contributed by atoms with van der Waals surface area (Å²) < 4.78 is 8.66. The van der Waals surface area contributed by atoms with E-state index in [2.05, 4.69) is 28.8 Å². The van der Waals surface area contributed by atoms with Crippen LogP contribution >= 0.6 is 0 Å². The van der Waals surface area contributed by atoms with Crippen LogP contribution in [0.3, 0.4) is 0 Å². The molecule has 0 aliphatic rings. The smallest absolute Gasteiger partial charge is 0.357 e. The lowest BCUT2D eigenvalue weighted by molar-refractivity contribution is 0.0593. The Morgan fingerprint density at radius 2 is 1.45 bits per heavy atom. The van der Waals surface area contributed by atoms with Gasteiger partial charge in [0, 0.05) is 28.3 Å². The predicted octanol–water partition coefficient (Wildman–Crippen LogP) is 4.81. The number of aromatic nitrogens is 2. The van der Waals surface area contributed by atoms with Crippen molar-refractivity contribution in [2.45, 2.75) is 0 Å². The molecule has 0 amide bonds. The van der Waals surface area contributed by atoms with E-state index in [1.54, 1.807) is 10.8 Å². The summed E-state index contributed by atoms with van der Waals surface area (Å²) in [5, 5.41) is 11.7. The monoisotopic (exact) mass is 406 g/mol. The third kappa shape index (κ3) is 2.75. The lowest BCUT2D eigenvalue weighted by Crippen LogP contribution is -2.11. The van der Waals surface area contributed by atoms with E-state index >= 15 is 0 Å². The molecule has 0 unspecified atom stereocenters. The summed E-state index contributed by atoms with van der Waals surface area (Å²) in [6, 6.07) is 26.4. The van der Waals surface area contributed by atoms with E-state index in [1.807, 2.05) is 54.6 Å². The van der Waals surface area contributed by atoms with Gasteiger partial charge >= 0.3 is 5.97 Å². The molecule has 2 N–H and O–H groups in total. The second kappa shape index (κ2) is 7.08. The number of para-hydroxylation sites is 2. The number of ether oxygens (including phenoxy) is 1. The van der Waals surface area contributed by atoms with Crippen molar-refractivity contribution in [3.05, 3.63) is 90.3 Å². The maximum absolute atomic E-state index is 12.3. The molecule has 5 aromatic rings. The summed E-state index contributed by atoms with van der Waals surface area (Å²) in [7, 11) is 1.29. The average Bonchev–Trinajstić information content (AvgIpc) is 3.33. The van der Waals surface area contributed by atoms with E-state index in [0.717, 1.165) is 16.7 Å². The lowest BCUT2D eigenvalue weighted by Gasteiger charge is -2.11. The molecule has 0 radical (unpaired) electrons. The van der Waals surface area contributed by atoms with E-state index in [1.165, 1.54) is 17.9 Å². The Bertz CT molecular complexity index is 1450. The predicted molar refractivity (Wildman–Crippen MR) is 121 cm³/mol. The van der Waals surface area contributed by atoms with Gasteiger partial charge in [0.2, 0.25) is 0 Å². The number of nitriles is 1. The fourth-order valence-electron chi connectivity index (χ4n) is 4.08. The Morgan fingerprint density at radius 3 is 2.00 bits per heavy atom. The van der Waals surface area contributed by atoms with E-state index in [9.17, 15) is 10.1 Å². The Morgan fingerprint density at radius 1 is 0.903 bits per heavy atom. The van der Waals surface area contributed by atoms with E-state index in [0.29, 0.717) is 5.69 Å². The van der Waals surface area contributed by atoms with Crippen molar-refractivity contribution >= 4 is 33.5 Å². The number of anilines is 1. The van der Waals surface area contributed by atoms with Gasteiger partial charge in [0.15, 0.2) is 5.69 Å². The van der Waals surface area contributed by atoms with Crippen molar-refractivity contribution in [2.75, 3.05) is 12.8 Å². The zero-order valence-electron chi connectivity index (χ0n) is 16.7. The highest BCUT2D eigenvalue weighted by molar-refractivity contribution is 6.09. The standard InChI is InChI=1S/C25H18N4O2/c1-31-25(30)24-23(27)16(14-26)15-28(24)17-10-12-18(13-11-17)29-21-8-4-2-6-19(21)20-7-3-5-9-22(20)29/h2-13,15H,27H2,1H3. The van der Waals surface area contributed by atoms with Crippen molar-refractivity contribution < 1.29 is 9.53 Å². The van der Waals surface area contributed by atoms with Gasteiger partial charge in [-0.2, -0.15) is 5.26 Å². The van der Waals surface area contributed by atoms with E-state index in [-0.39, 0.29) is 16.9 Å². The molecule has 0 spiro atoms. The number of carbonyl (C=O) groups is 1. The highest BCUT2D eigenvalue weighted by Gasteiger charge is 2.21. The number of hydrogen-bond donors (Lipinski definition) is 1. The van der Waals surface area contributed by atoms with Crippen LogP contribution in [0.1, 0.15) is 16.1 Å². The fraction of sp³-hybridized carbons (Fsp3) is 0.0400. The van der Waals surface area contributed by atoms with E-state index < -0.39 is 5.97 Å². The first-order valence-corrected chi connectivity index (χ1v) is 9.72. The molecule has 6 nitrogen and oxygen atoms in total. The molecule has 0 saturated heterocycles. The molecular formula is C25H18N4O2. The molecule has 2 heterocycles. The van der Waals surface area contributed by atoms with Gasteiger partial charge in [-0.25, -0.2) is 4.79 Å². The van der Waals surface area contributed by atoms with Gasteiger partial charge in [-0.05, 0) is 36.4 Å². The topological polar surface area (TPSA) is 86.0 Å². The van der Waals surface area contributed by atoms with Gasteiger partial charge in [-0.15, -0.1) is 0 Å². The minimum absolute atomic E-state index is 0.112. The minimum Gasteiger partial charge on any atom is -0.464 e. The molecule has 3 aromatic carbocycles. The van der Waals surface area contributed by atoms with Crippen LogP contribution in [0.2, 0.25) is 0 Å². The molecule has 0 bridgehead atoms. The van der Waals surface area contributed by atoms with Crippen LogP contribution in [0.4, 0.5) is 5.69 Å². The van der Waals surface area contributed by atoms with Crippen LogP contribution in [0.5, 0.6) is 0 Å². The maximum atomic E-state index is 12.3. The Kier molecular flexibility index (Phi) is 4.23. The first-order chi connectivity index (χ1) is 15.1. The molecule has 0 saturated carbocycles. The van der Waals surface area contributed by atoms with Gasteiger partial charge in [0.25, 0.3) is 0 Å². The molecule has 0 fully saturated rings. The van der Waals surface area contributed by atoms with E-state index in [4.69, 9.17) is 10.5 Å². The summed E-state index contributed by atoms with van der Waals surface area (Å²) in [4.78, 5) is 12.3. The quantitative estimate of drug-likeness (QED) is 0.436. The second-order valence-corrected chi connectivity index (χ2v) is 7.16. The third-order valence-electron chi connectivity index (χ3n) is 5.51. The number of hydrogen-bond acceptors (Lipinski definition) is 4. The SMILES string of the molecule is COC(=O)c1c(N)c(C#N)cn1-c1ccc(-n2c3ccccc3c3ccccc32)cc1. The summed E-state index contributed by atoms with van der Waals surface area (Å²) in [6.07, 6.45) is 1.55. The zero-order valence-corrected chi connectivity index (χ0v) is 16.7. The molecule has 5 rings (SSSR count). The van der Waals surface area contributed by atoms with Crippen LogP contribution in [-0.2, 0) is 4.74 Å². The first kappa shape index (κ1) is 18.5. The highest BCUT2D eigenvalue weighted by Crippen LogP contribution is 2.32. The molecular weight excluding hydrogens is 388 g/mol. The number of nitrogens with two attached hydrogens (primary N) is 1. The number of methoxy groups -OCH3 is 1. The van der Waals surface area contributed by atoms with Crippen molar-refractivity contribution in [2.24, 2.45) is 0 Å². The number of carbonyl (C=O) groups excluding carboxylic acids is 1. The number of nitrogen functional groups attached to an aromatic ring is 1. The maximum Gasteiger partial charge on any atom is 0.357 e. The lowest BCUT2D eigenvalue weighted by atomic mass is 10.2. The molecule has 0 aliphatic carbocycles. The van der Waals surface area contributed by atoms with Crippen LogP contribution < -0.4 is 5.73 Å². The largest absolute Gasteiger partial charge is 0.464 e. The van der Waals surface area contributed by atoms with Gasteiger partial charge < -0.3 is 19.6 Å². The number of fused-ring (bicyclic) bond motifs is 3. The van der Waals surface area contributed by atoms with Crippen LogP contribution in [0.25, 0.3) is 33.2 Å². The molecule has 2 aromatic heterocycles. The van der Waals surface area contributed by atoms with Crippen molar-refractivity contribution in [1.29, 1.82) is 5.26 Å². The molecule has 0 aliphatic heterocycles. The minimum atomic E-state index is -0.592. The molecule has 31 heavy (non-hydrogen) atoms.